The maximum atomic E-state index is 8.89. The third-order valence-electron chi connectivity index (χ3n) is 2.51. The first-order valence-electron chi connectivity index (χ1n) is 5.71. The van der Waals surface area contributed by atoms with Gasteiger partial charge in [0.25, 0.3) is 0 Å². The Morgan fingerprint density at radius 2 is 2.24 bits per heavy atom. The molecule has 0 bridgehead atoms. The predicted molar refractivity (Wildman–Crippen MR) is 68.3 cm³/mol. The zero-order valence-electron chi connectivity index (χ0n) is 9.59. The molecule has 0 aliphatic carbocycles. The summed E-state index contributed by atoms with van der Waals surface area (Å²) in [5, 5.41) is 9.57. The molecule has 1 heterocycles. The zero-order valence-corrected chi connectivity index (χ0v) is 10.4. The lowest BCUT2D eigenvalue weighted by Crippen LogP contribution is -2.30. The van der Waals surface area contributed by atoms with Crippen molar-refractivity contribution in [2.45, 2.75) is 11.7 Å². The Hall–Kier alpha value is -1.18. The van der Waals surface area contributed by atoms with Gasteiger partial charge >= 0.3 is 0 Å². The van der Waals surface area contributed by atoms with E-state index in [1.807, 2.05) is 30.0 Å². The summed E-state index contributed by atoms with van der Waals surface area (Å²) in [5.41, 5.74) is 0.604. The molecule has 1 aliphatic rings. The molecule has 0 spiro atoms. The van der Waals surface area contributed by atoms with E-state index >= 15 is 0 Å². The summed E-state index contributed by atoms with van der Waals surface area (Å²) in [4.78, 5) is 0. The van der Waals surface area contributed by atoms with Crippen molar-refractivity contribution in [1.82, 2.24) is 0 Å². The first kappa shape index (κ1) is 12.3. The Morgan fingerprint density at radius 1 is 1.41 bits per heavy atom. The smallest absolute Gasteiger partial charge is 0.137 e. The first-order chi connectivity index (χ1) is 8.40. The van der Waals surface area contributed by atoms with Crippen LogP contribution in [0.5, 0.6) is 5.75 Å². The predicted octanol–water partition coefficient (Wildman–Crippen LogP) is 2.46. The third-order valence-corrected chi connectivity index (χ3v) is 3.78. The van der Waals surface area contributed by atoms with Gasteiger partial charge in [-0.05, 0) is 24.3 Å². The largest absolute Gasteiger partial charge is 0.492 e. The van der Waals surface area contributed by atoms with Crippen LogP contribution >= 0.6 is 11.8 Å². The molecule has 0 N–H and O–H groups in total. The monoisotopic (exact) mass is 249 g/mol. The number of benzene rings is 1. The lowest BCUT2D eigenvalue weighted by Gasteiger charge is -2.25. The van der Waals surface area contributed by atoms with E-state index in [1.54, 1.807) is 6.07 Å². The van der Waals surface area contributed by atoms with Gasteiger partial charge in [-0.3, -0.25) is 0 Å². The van der Waals surface area contributed by atoms with Crippen LogP contribution in [-0.4, -0.2) is 30.8 Å². The Morgan fingerprint density at radius 3 is 2.94 bits per heavy atom. The highest BCUT2D eigenvalue weighted by Gasteiger charge is 2.17. The highest BCUT2D eigenvalue weighted by atomic mass is 32.2. The lowest BCUT2D eigenvalue weighted by atomic mass is 10.2. The van der Waals surface area contributed by atoms with Crippen LogP contribution in [0.25, 0.3) is 0 Å². The van der Waals surface area contributed by atoms with Gasteiger partial charge in [-0.2, -0.15) is 17.0 Å². The molecule has 1 saturated heterocycles. The lowest BCUT2D eigenvalue weighted by molar-refractivity contribution is 0.0455. The van der Waals surface area contributed by atoms with Crippen LogP contribution in [0.2, 0.25) is 0 Å². The van der Waals surface area contributed by atoms with Crippen molar-refractivity contribution >= 4 is 11.8 Å². The maximum absolute atomic E-state index is 8.89. The van der Waals surface area contributed by atoms with Gasteiger partial charge in [-0.15, -0.1) is 0 Å². The number of thioether (sulfide) groups is 1. The SMILES string of the molecule is N#Cc1ccccc1OCCCSC1COC1. The average Bonchev–Trinajstić information content (AvgIpc) is 2.32. The van der Waals surface area contributed by atoms with Crippen LogP contribution < -0.4 is 4.74 Å². The normalized spacial score (nSPS) is 15.0. The molecule has 3 nitrogen and oxygen atoms in total. The van der Waals surface area contributed by atoms with E-state index in [-0.39, 0.29) is 0 Å². The second kappa shape index (κ2) is 6.53. The van der Waals surface area contributed by atoms with Gasteiger partial charge in [0.1, 0.15) is 11.8 Å². The topological polar surface area (TPSA) is 42.2 Å². The van der Waals surface area contributed by atoms with Crippen molar-refractivity contribution in [1.29, 1.82) is 5.26 Å². The molecule has 1 aromatic carbocycles. The van der Waals surface area contributed by atoms with Crippen LogP contribution in [-0.2, 0) is 4.74 Å². The molecule has 17 heavy (non-hydrogen) atoms. The number of rotatable bonds is 6. The average molecular weight is 249 g/mol. The molecule has 0 amide bonds. The maximum Gasteiger partial charge on any atom is 0.137 e. The van der Waals surface area contributed by atoms with E-state index in [0.717, 1.165) is 25.4 Å². The van der Waals surface area contributed by atoms with Crippen molar-refractivity contribution in [3.8, 4) is 11.8 Å². The molecule has 0 aromatic heterocycles. The van der Waals surface area contributed by atoms with Crippen LogP contribution in [0.3, 0.4) is 0 Å². The number of nitrogens with zero attached hydrogens (tertiary/aromatic N) is 1. The molecule has 1 aliphatic heterocycles. The van der Waals surface area contributed by atoms with E-state index in [4.69, 9.17) is 14.7 Å². The second-order valence-electron chi connectivity index (χ2n) is 3.84. The van der Waals surface area contributed by atoms with Crippen molar-refractivity contribution in [2.24, 2.45) is 0 Å². The second-order valence-corrected chi connectivity index (χ2v) is 5.25. The quantitative estimate of drug-likeness (QED) is 0.726. The van der Waals surface area contributed by atoms with Crippen molar-refractivity contribution in [2.75, 3.05) is 25.6 Å². The fourth-order valence-corrected chi connectivity index (χ4v) is 2.49. The minimum absolute atomic E-state index is 0.604. The Bertz CT molecular complexity index is 399. The summed E-state index contributed by atoms with van der Waals surface area (Å²) in [6.07, 6.45) is 1.00. The summed E-state index contributed by atoms with van der Waals surface area (Å²) in [7, 11) is 0. The summed E-state index contributed by atoms with van der Waals surface area (Å²) in [6, 6.07) is 9.47. The van der Waals surface area contributed by atoms with Gasteiger partial charge in [-0.1, -0.05) is 12.1 Å². The molecule has 2 rings (SSSR count). The Balaban J connectivity index is 1.65. The molecule has 0 unspecified atom stereocenters. The summed E-state index contributed by atoms with van der Waals surface area (Å²) in [6.45, 7) is 2.45. The summed E-state index contributed by atoms with van der Waals surface area (Å²) in [5.74, 6) is 1.77. The van der Waals surface area contributed by atoms with Gasteiger partial charge in [-0.25, -0.2) is 0 Å². The van der Waals surface area contributed by atoms with Gasteiger partial charge in [0.05, 0.1) is 30.6 Å². The minimum Gasteiger partial charge on any atom is -0.492 e. The highest BCUT2D eigenvalue weighted by molar-refractivity contribution is 8.00. The highest BCUT2D eigenvalue weighted by Crippen LogP contribution is 2.20. The number of hydrogen-bond acceptors (Lipinski definition) is 4. The molecule has 0 radical (unpaired) electrons. The third kappa shape index (κ3) is 3.65. The van der Waals surface area contributed by atoms with Gasteiger partial charge in [0.15, 0.2) is 0 Å². The Labute approximate surface area is 106 Å². The fraction of sp³-hybridized carbons (Fsp3) is 0.462. The van der Waals surface area contributed by atoms with Crippen molar-refractivity contribution in [3.63, 3.8) is 0 Å². The van der Waals surface area contributed by atoms with Crippen LogP contribution in [0, 0.1) is 11.3 Å². The first-order valence-corrected chi connectivity index (χ1v) is 6.76. The number of hydrogen-bond donors (Lipinski definition) is 0. The van der Waals surface area contributed by atoms with Crippen LogP contribution in [0.15, 0.2) is 24.3 Å². The minimum atomic E-state index is 0.604. The molecule has 1 aromatic rings. The standard InChI is InChI=1S/C13H15NO2S/c14-8-11-4-1-2-5-13(11)16-6-3-7-17-12-9-15-10-12/h1-2,4-5,12H,3,6-7,9-10H2. The van der Waals surface area contributed by atoms with Crippen molar-refractivity contribution in [3.05, 3.63) is 29.8 Å². The number of ether oxygens (including phenoxy) is 2. The molecular formula is C13H15NO2S. The van der Waals surface area contributed by atoms with E-state index in [0.29, 0.717) is 23.2 Å². The van der Waals surface area contributed by atoms with Gasteiger partial charge in [0.2, 0.25) is 0 Å². The number of para-hydroxylation sites is 1. The van der Waals surface area contributed by atoms with Gasteiger partial charge < -0.3 is 9.47 Å². The number of nitriles is 1. The van der Waals surface area contributed by atoms with Crippen LogP contribution in [0.1, 0.15) is 12.0 Å². The van der Waals surface area contributed by atoms with E-state index in [1.165, 1.54) is 0 Å². The zero-order chi connectivity index (χ0) is 11.9. The van der Waals surface area contributed by atoms with E-state index in [2.05, 4.69) is 6.07 Å². The molecule has 0 saturated carbocycles. The molecule has 4 heteroatoms. The van der Waals surface area contributed by atoms with E-state index < -0.39 is 0 Å². The summed E-state index contributed by atoms with van der Waals surface area (Å²) < 4.78 is 10.7. The van der Waals surface area contributed by atoms with Gasteiger partial charge in [0, 0.05) is 0 Å². The molecule has 90 valence electrons. The molecular weight excluding hydrogens is 234 g/mol. The van der Waals surface area contributed by atoms with Crippen LogP contribution in [0.4, 0.5) is 0 Å². The molecule has 1 fully saturated rings. The van der Waals surface area contributed by atoms with Crippen molar-refractivity contribution < 1.29 is 9.47 Å². The van der Waals surface area contributed by atoms with E-state index in [9.17, 15) is 0 Å². The summed E-state index contributed by atoms with van der Waals surface area (Å²) >= 11 is 1.94. The fourth-order valence-electron chi connectivity index (χ4n) is 1.49. The Kier molecular flexibility index (Phi) is 4.72. The molecule has 0 atom stereocenters.